The van der Waals surface area contributed by atoms with E-state index in [9.17, 15) is 26.9 Å². The van der Waals surface area contributed by atoms with Crippen molar-refractivity contribution in [1.82, 2.24) is 64.4 Å². The van der Waals surface area contributed by atoms with Gasteiger partial charge < -0.3 is 109 Å². The van der Waals surface area contributed by atoms with Crippen LogP contribution in [0.3, 0.4) is 0 Å². The zero-order valence-electron chi connectivity index (χ0n) is 86.4. The largest absolute Gasteiger partial charge is 0.495 e. The average Bonchev–Trinajstić information content (AvgIpc) is 1.33. The molecule has 5 saturated heterocycles. The van der Waals surface area contributed by atoms with Crippen molar-refractivity contribution in [3.63, 3.8) is 0 Å². The fraction of sp³-hybridized carbons (Fsp3) is 0.387. The maximum Gasteiger partial charge on any atom is 0.254 e. The molecular weight excluding hydrogens is 2050 g/mol. The molecule has 149 heavy (non-hydrogen) atoms. The molecule has 4 aromatic heterocycles. The van der Waals surface area contributed by atoms with E-state index >= 15 is 0 Å². The molecule has 1 amide bonds. The van der Waals surface area contributed by atoms with E-state index in [1.54, 1.807) is 154 Å². The Morgan fingerprint density at radius 2 is 0.805 bits per heavy atom. The summed E-state index contributed by atoms with van der Waals surface area (Å²) in [6, 6.07) is 53.4. The van der Waals surface area contributed by atoms with E-state index in [0.29, 0.717) is 151 Å². The van der Waals surface area contributed by atoms with Gasteiger partial charge in [0, 0.05) is 167 Å². The molecular formula is C106H132Cl4N23O12P3S. The van der Waals surface area contributed by atoms with E-state index in [0.717, 1.165) is 117 Å². The van der Waals surface area contributed by atoms with Gasteiger partial charge in [-0.15, -0.1) is 0 Å². The number of rotatable bonds is 33. The molecule has 12 aromatic rings. The first kappa shape index (κ1) is 111. The van der Waals surface area contributed by atoms with Gasteiger partial charge in [-0.2, -0.15) is 19.9 Å². The molecule has 5 aliphatic heterocycles. The van der Waals surface area contributed by atoms with E-state index < -0.39 is 36.5 Å². The molecule has 0 atom stereocenters. The molecule has 6 aliphatic rings. The fourth-order valence-electron chi connectivity index (χ4n) is 17.7. The van der Waals surface area contributed by atoms with E-state index in [2.05, 4.69) is 150 Å². The Kier molecular flexibility index (Phi) is 37.8. The molecule has 18 rings (SSSR count). The molecule has 43 heteroatoms. The maximum absolute atomic E-state index is 13.2. The third kappa shape index (κ3) is 30.1. The summed E-state index contributed by atoms with van der Waals surface area (Å²) in [6.45, 7) is 27.1. The summed E-state index contributed by atoms with van der Waals surface area (Å²) in [5.74, 6) is 7.44. The molecule has 6 fully saturated rings. The number of aromatic nitrogens is 8. The summed E-state index contributed by atoms with van der Waals surface area (Å²) >= 11 is 25.5. The summed E-state index contributed by atoms with van der Waals surface area (Å²) in [4.78, 5) is 65.5. The van der Waals surface area contributed by atoms with E-state index in [4.69, 9.17) is 74.8 Å². The number of carbonyl (C=O) groups excluding carboxylic acids is 1. The monoisotopic (exact) mass is 2180 g/mol. The summed E-state index contributed by atoms with van der Waals surface area (Å²) in [5, 5.41) is 27.7. The molecule has 0 unspecified atom stereocenters. The molecule has 35 nitrogen and oxygen atoms in total. The van der Waals surface area contributed by atoms with Crippen LogP contribution in [0.2, 0.25) is 20.1 Å². The van der Waals surface area contributed by atoms with Gasteiger partial charge in [0.25, 0.3) is 5.91 Å². The third-order valence-electron chi connectivity index (χ3n) is 26.8. The van der Waals surface area contributed by atoms with Crippen LogP contribution < -0.4 is 91.4 Å². The van der Waals surface area contributed by atoms with Crippen molar-refractivity contribution in [3.8, 4) is 34.5 Å². The summed E-state index contributed by atoms with van der Waals surface area (Å²) in [5.41, 5.74) is 8.17. The van der Waals surface area contributed by atoms with Crippen LogP contribution in [0.15, 0.2) is 200 Å². The van der Waals surface area contributed by atoms with E-state index in [1.807, 2.05) is 85.5 Å². The minimum Gasteiger partial charge on any atom is -0.495 e. The molecule has 0 spiro atoms. The van der Waals surface area contributed by atoms with Crippen molar-refractivity contribution < 1.29 is 55.3 Å². The first-order chi connectivity index (χ1) is 71.5. The van der Waals surface area contributed by atoms with Gasteiger partial charge in [0.15, 0.2) is 33.1 Å². The van der Waals surface area contributed by atoms with E-state index in [-0.39, 0.29) is 27.6 Å². The number of piperidine rings is 2. The van der Waals surface area contributed by atoms with Crippen molar-refractivity contribution in [2.45, 2.75) is 74.6 Å². The molecule has 1 saturated carbocycles. The van der Waals surface area contributed by atoms with Crippen LogP contribution in [0.25, 0.3) is 0 Å². The number of hydrogen-bond acceptors (Lipinski definition) is 34. The van der Waals surface area contributed by atoms with Crippen molar-refractivity contribution in [1.29, 1.82) is 0 Å². The summed E-state index contributed by atoms with van der Waals surface area (Å²) < 4.78 is 96.5. The second-order valence-electron chi connectivity index (χ2n) is 38.6. The van der Waals surface area contributed by atoms with Crippen LogP contribution >= 0.6 is 67.8 Å². The topological polar surface area (TPSA) is 380 Å². The van der Waals surface area contributed by atoms with Crippen LogP contribution in [-0.2, 0) is 23.5 Å². The molecule has 1 aliphatic carbocycles. The third-order valence-corrected chi connectivity index (χ3v) is 35.5. The van der Waals surface area contributed by atoms with Gasteiger partial charge in [-0.05, 0) is 221 Å². The number of methoxy groups -OCH3 is 5. The van der Waals surface area contributed by atoms with E-state index in [1.165, 1.54) is 76.1 Å². The second-order valence-corrected chi connectivity index (χ2v) is 52.6. The molecule has 8 N–H and O–H groups in total. The minimum absolute atomic E-state index is 0.110. The molecule has 9 heterocycles. The van der Waals surface area contributed by atoms with Gasteiger partial charge >= 0.3 is 0 Å². The lowest BCUT2D eigenvalue weighted by atomic mass is 10.0. The van der Waals surface area contributed by atoms with Crippen LogP contribution in [0.1, 0.15) is 62.7 Å². The normalized spacial score (nSPS) is 16.0. The Labute approximate surface area is 892 Å². The highest BCUT2D eigenvalue weighted by atomic mass is 35.5. The predicted molar refractivity (Wildman–Crippen MR) is 605 cm³/mol. The lowest BCUT2D eigenvalue weighted by Gasteiger charge is -2.42. The quantitative estimate of drug-likeness (QED) is 0.0177. The fourth-order valence-corrected chi connectivity index (χ4v) is 23.0. The Hall–Kier alpha value is -12.0. The number of ether oxygens (including phenoxy) is 6. The number of benzene rings is 8. The zero-order chi connectivity index (χ0) is 106. The summed E-state index contributed by atoms with van der Waals surface area (Å²) in [6.07, 6.45) is 14.3. The van der Waals surface area contributed by atoms with Gasteiger partial charge in [-0.25, -0.2) is 28.4 Å². The smallest absolute Gasteiger partial charge is 0.254 e. The Morgan fingerprint density at radius 1 is 0.423 bits per heavy atom. The average molecular weight is 2190 g/mol. The number of sulfone groups is 1. The maximum atomic E-state index is 13.2. The van der Waals surface area contributed by atoms with Gasteiger partial charge in [0.2, 0.25) is 23.8 Å². The SMILES string of the molecule is CC(C)S(=O)(=O)c1ccccc1Nc1nc(Nc2ccc(P(C)(C)=O)cc2)ncc1Cl.COc1cc(N2CCC(N3CCN(C)CC3)CC2)ccc1Nc1ncc(Cl)c(Nc2ccc(C(=O)N3CCP(C)(=O)CC3)cc2OC)n1.COc1cc(N2CCC(N3CCN(C)CC3)CC2)ccc1Nc1ncc(Cl)c(Nc2ccccc2OC)n1.COc1cc(OCC2CC2)ccc1Nc1ncc(Cl)c(Nc2ccccc2P(C)(C)=O)n1. The van der Waals surface area contributed by atoms with Crippen LogP contribution in [0, 0.1) is 5.92 Å². The van der Waals surface area contributed by atoms with Crippen molar-refractivity contribution in [3.05, 3.63) is 220 Å². The van der Waals surface area contributed by atoms with Crippen molar-refractivity contribution >= 4 is 198 Å². The lowest BCUT2D eigenvalue weighted by Crippen LogP contribution is -2.52. The van der Waals surface area contributed by atoms with Crippen molar-refractivity contribution in [2.75, 3.05) is 246 Å². The zero-order valence-corrected chi connectivity index (χ0v) is 92.9. The van der Waals surface area contributed by atoms with Crippen LogP contribution in [-0.4, -0.2) is 290 Å². The van der Waals surface area contributed by atoms with Crippen molar-refractivity contribution in [2.24, 2.45) is 5.92 Å². The standard InChI is InChI=1S/C34H46ClN8O4P.C28H36ClN7O2.C23H26ClN4O3P.C21H24ClN4O3PS/c1-40-13-15-42(16-14-40)25-9-11-41(12-10-25)26-6-8-29(31(22-26)47-3)38-34-36-23-27(35)32(39-34)37-28-7-5-24(21-30(28)46-2)33(44)43-17-19-48(4,45)20-18-43;1-34-14-16-36(17-15-34)20-10-12-35(13-11-20)21-8-9-24(26(18-21)38-3)32-28-30-19-22(29)27(33-28)31-23-6-4-5-7-25(23)37-2;1-30-20-12-16(31-14-15-8-9-15)10-11-18(20)27-23-25-13-17(24)22(28-23)26-19-6-4-5-7-21(19)32(2,3)29;1-14(2)31(28,29)19-8-6-5-7-18(19)25-20-17(22)13-23-21(26-20)24-15-9-11-16(12-10-15)30(3,4)27/h5-8,21-23,25H,9-20H2,1-4H3,(H2,36,37,38,39);4-9,18-20H,10-17H2,1-3H3,(H2,30,31,32,33);4-7,10-13,15H,8-9,14H2,1-3H3,(H2,25,26,27,28);5-14H,1-4H3,(H2,23,24,25,26). The minimum atomic E-state index is -3.50. The number of nitrogens with one attached hydrogen (secondary N) is 8. The number of piperazine rings is 2. The molecule has 0 radical (unpaired) electrons. The van der Waals surface area contributed by atoms with Gasteiger partial charge in [-0.3, -0.25) is 14.6 Å². The Morgan fingerprint density at radius 3 is 1.25 bits per heavy atom. The lowest BCUT2D eigenvalue weighted by molar-refractivity contribution is 0.0769. The number of anilines is 18. The van der Waals surface area contributed by atoms with Crippen LogP contribution in [0.4, 0.5) is 104 Å². The highest BCUT2D eigenvalue weighted by molar-refractivity contribution is 7.92. The highest BCUT2D eigenvalue weighted by Gasteiger charge is 2.34. The molecule has 8 aromatic carbocycles. The predicted octanol–water partition coefficient (Wildman–Crippen LogP) is 20.9. The van der Waals surface area contributed by atoms with Crippen LogP contribution in [0.5, 0.6) is 34.5 Å². The van der Waals surface area contributed by atoms with Gasteiger partial charge in [0.05, 0.1) is 124 Å². The highest BCUT2D eigenvalue weighted by Crippen LogP contribution is 2.46. The molecule has 792 valence electrons. The Balaban J connectivity index is 0.000000151. The number of hydrogen-bond donors (Lipinski definition) is 8. The number of carbonyl (C=O) groups is 1. The first-order valence-corrected chi connectivity index (χ1v) is 60.3. The summed E-state index contributed by atoms with van der Waals surface area (Å²) in [7, 11) is 2.06. The van der Waals surface area contributed by atoms with Gasteiger partial charge in [-0.1, -0.05) is 82.8 Å². The second kappa shape index (κ2) is 50.7. The Bertz CT molecular complexity index is 6900. The number of likely N-dealkylation sites (N-methyl/N-ethyl adjacent to an activating group) is 2. The number of nitrogens with zero attached hydrogens (tertiary/aromatic N) is 15. The first-order valence-electron chi connectivity index (χ1n) is 49.5. The number of halogens is 4. The number of amides is 1. The molecule has 0 bridgehead atoms. The number of para-hydroxylation sites is 4. The van der Waals surface area contributed by atoms with Gasteiger partial charge in [0.1, 0.15) is 68.9 Å².